The number of methoxy groups -OCH3 is 1. The topological polar surface area (TPSA) is 94.2 Å². The highest BCUT2D eigenvalue weighted by Gasteiger charge is 2.37. The monoisotopic (exact) mass is 590 g/mol. The molecule has 1 fully saturated rings. The number of nitrogens with zero attached hydrogens (tertiary/aromatic N) is 1. The molecular formula is C30H27BrN2O6. The minimum atomic E-state index is -0.801. The number of rotatable bonds is 10. The van der Waals surface area contributed by atoms with Crippen LogP contribution in [-0.4, -0.2) is 38.2 Å². The molecule has 4 amide bonds. The van der Waals surface area contributed by atoms with Gasteiger partial charge in [0.2, 0.25) is 0 Å². The minimum Gasteiger partial charge on any atom is -0.493 e. The fraction of sp³-hybridized carbons (Fsp3) is 0.167. The number of carbonyl (C=O) groups excluding carboxylic acids is 3. The maximum absolute atomic E-state index is 13.2. The van der Waals surface area contributed by atoms with E-state index >= 15 is 0 Å². The van der Waals surface area contributed by atoms with Crippen molar-refractivity contribution >= 4 is 45.5 Å². The van der Waals surface area contributed by atoms with Crippen molar-refractivity contribution < 1.29 is 28.6 Å². The molecule has 0 aromatic heterocycles. The van der Waals surface area contributed by atoms with Crippen LogP contribution >= 0.6 is 15.9 Å². The summed E-state index contributed by atoms with van der Waals surface area (Å²) in [4.78, 5) is 39.2. The van der Waals surface area contributed by atoms with Crippen molar-refractivity contribution in [1.29, 1.82) is 0 Å². The molecule has 3 aromatic carbocycles. The van der Waals surface area contributed by atoms with Crippen molar-refractivity contribution in [3.05, 3.63) is 100 Å². The third-order valence-corrected chi connectivity index (χ3v) is 6.44. The highest BCUT2D eigenvalue weighted by atomic mass is 79.9. The number of imide groups is 2. The Labute approximate surface area is 235 Å². The van der Waals surface area contributed by atoms with Gasteiger partial charge in [-0.1, -0.05) is 36.4 Å². The molecular weight excluding hydrogens is 564 g/mol. The second-order valence-electron chi connectivity index (χ2n) is 8.63. The lowest BCUT2D eigenvalue weighted by molar-refractivity contribution is -0.122. The lowest BCUT2D eigenvalue weighted by Gasteiger charge is -2.26. The first-order valence-corrected chi connectivity index (χ1v) is 12.9. The average molecular weight is 591 g/mol. The molecule has 1 saturated heterocycles. The van der Waals surface area contributed by atoms with Crippen LogP contribution in [-0.2, 0) is 16.0 Å². The van der Waals surface area contributed by atoms with Crippen LogP contribution in [0.3, 0.4) is 0 Å². The molecule has 39 heavy (non-hydrogen) atoms. The summed E-state index contributed by atoms with van der Waals surface area (Å²) in [6.45, 7) is 6.16. The van der Waals surface area contributed by atoms with Crippen LogP contribution in [0.5, 0.6) is 17.2 Å². The van der Waals surface area contributed by atoms with E-state index in [1.165, 1.54) is 13.2 Å². The Hall–Kier alpha value is -4.37. The van der Waals surface area contributed by atoms with Crippen LogP contribution in [0, 0.1) is 6.92 Å². The summed E-state index contributed by atoms with van der Waals surface area (Å²) in [6.07, 6.45) is 3.93. The minimum absolute atomic E-state index is 0.190. The maximum Gasteiger partial charge on any atom is 0.335 e. The molecule has 4 rings (SSSR count). The van der Waals surface area contributed by atoms with Crippen molar-refractivity contribution in [2.45, 2.75) is 13.3 Å². The smallest absolute Gasteiger partial charge is 0.335 e. The Morgan fingerprint density at radius 3 is 2.49 bits per heavy atom. The van der Waals surface area contributed by atoms with Gasteiger partial charge in [0.25, 0.3) is 11.8 Å². The van der Waals surface area contributed by atoms with E-state index in [0.29, 0.717) is 40.3 Å². The lowest BCUT2D eigenvalue weighted by Crippen LogP contribution is -2.54. The van der Waals surface area contributed by atoms with Crippen LogP contribution in [0.15, 0.2) is 83.4 Å². The molecule has 200 valence electrons. The van der Waals surface area contributed by atoms with E-state index in [4.69, 9.17) is 14.2 Å². The Bertz CT molecular complexity index is 1470. The average Bonchev–Trinajstić information content (AvgIpc) is 2.90. The highest BCUT2D eigenvalue weighted by molar-refractivity contribution is 9.10. The highest BCUT2D eigenvalue weighted by Crippen LogP contribution is 2.37. The molecule has 8 nitrogen and oxygen atoms in total. The molecule has 1 aliphatic rings. The molecule has 1 N–H and O–H groups in total. The van der Waals surface area contributed by atoms with Gasteiger partial charge in [0.15, 0.2) is 11.5 Å². The number of nitrogens with one attached hydrogen (secondary N) is 1. The van der Waals surface area contributed by atoms with Gasteiger partial charge in [-0.15, -0.1) is 6.58 Å². The zero-order valence-electron chi connectivity index (χ0n) is 21.5. The zero-order valence-corrected chi connectivity index (χ0v) is 23.1. The number of hydrogen-bond acceptors (Lipinski definition) is 6. The number of aryl methyl sites for hydroxylation is 1. The van der Waals surface area contributed by atoms with E-state index < -0.39 is 17.8 Å². The number of halogens is 1. The first-order valence-electron chi connectivity index (χ1n) is 12.1. The molecule has 0 aliphatic carbocycles. The Balaban J connectivity index is 1.52. The summed E-state index contributed by atoms with van der Waals surface area (Å²) in [5, 5.41) is 2.23. The summed E-state index contributed by atoms with van der Waals surface area (Å²) in [5.41, 5.74) is 2.58. The number of benzene rings is 3. The Kier molecular flexibility index (Phi) is 8.83. The third kappa shape index (κ3) is 6.38. The SMILES string of the molecule is C=CCc1ccccc1OCCOc1c(Br)cc(/C=C2\C(=O)NC(=O)N(c3cccc(C)c3)C2=O)cc1OC. The largest absolute Gasteiger partial charge is 0.493 e. The number of amides is 4. The number of anilines is 1. The summed E-state index contributed by atoms with van der Waals surface area (Å²) in [5.74, 6) is 0.0941. The van der Waals surface area contributed by atoms with Crippen LogP contribution in [0.25, 0.3) is 6.08 Å². The van der Waals surface area contributed by atoms with Crippen LogP contribution in [0.1, 0.15) is 16.7 Å². The van der Waals surface area contributed by atoms with Gasteiger partial charge in [0.05, 0.1) is 17.3 Å². The molecule has 0 unspecified atom stereocenters. The van der Waals surface area contributed by atoms with E-state index in [1.807, 2.05) is 43.3 Å². The number of barbiturate groups is 1. The summed E-state index contributed by atoms with van der Waals surface area (Å²) in [7, 11) is 1.49. The molecule has 1 aliphatic heterocycles. The second-order valence-corrected chi connectivity index (χ2v) is 9.48. The number of ether oxygens (including phenoxy) is 3. The first kappa shape index (κ1) is 27.7. The number of hydrogen-bond donors (Lipinski definition) is 1. The quantitative estimate of drug-likeness (QED) is 0.142. The molecule has 0 bridgehead atoms. The molecule has 3 aromatic rings. The van der Waals surface area contributed by atoms with Crippen molar-refractivity contribution in [2.24, 2.45) is 0 Å². The summed E-state index contributed by atoms with van der Waals surface area (Å²) in [6, 6.07) is 17.2. The van der Waals surface area contributed by atoms with Crippen molar-refractivity contribution in [3.63, 3.8) is 0 Å². The van der Waals surface area contributed by atoms with Gasteiger partial charge in [-0.3, -0.25) is 14.9 Å². The Morgan fingerprint density at radius 1 is 0.974 bits per heavy atom. The van der Waals surface area contributed by atoms with E-state index in [2.05, 4.69) is 27.8 Å². The normalized spacial score (nSPS) is 14.3. The van der Waals surface area contributed by atoms with Crippen LogP contribution < -0.4 is 24.4 Å². The fourth-order valence-electron chi connectivity index (χ4n) is 4.05. The van der Waals surface area contributed by atoms with E-state index in [1.54, 1.807) is 30.3 Å². The van der Waals surface area contributed by atoms with Crippen molar-refractivity contribution in [2.75, 3.05) is 25.2 Å². The molecule has 0 spiro atoms. The maximum atomic E-state index is 13.2. The van der Waals surface area contributed by atoms with Gasteiger partial charge in [-0.05, 0) is 82.4 Å². The zero-order chi connectivity index (χ0) is 27.9. The Morgan fingerprint density at radius 2 is 1.74 bits per heavy atom. The van der Waals surface area contributed by atoms with Gasteiger partial charge in [0.1, 0.15) is 24.5 Å². The van der Waals surface area contributed by atoms with Crippen LogP contribution in [0.2, 0.25) is 0 Å². The summed E-state index contributed by atoms with van der Waals surface area (Å²) < 4.78 is 17.9. The van der Waals surface area contributed by atoms with Crippen molar-refractivity contribution in [1.82, 2.24) is 5.32 Å². The first-order chi connectivity index (χ1) is 18.8. The summed E-state index contributed by atoms with van der Waals surface area (Å²) >= 11 is 3.49. The molecule has 0 radical (unpaired) electrons. The predicted molar refractivity (Wildman–Crippen MR) is 152 cm³/mol. The number of para-hydroxylation sites is 1. The van der Waals surface area contributed by atoms with E-state index in [0.717, 1.165) is 21.8 Å². The fourth-order valence-corrected chi connectivity index (χ4v) is 4.63. The van der Waals surface area contributed by atoms with Crippen LogP contribution in [0.4, 0.5) is 10.5 Å². The van der Waals surface area contributed by atoms with Gasteiger partial charge < -0.3 is 14.2 Å². The standard InChI is InChI=1S/C30H27BrN2O6/c1-4-8-21-10-5-6-12-25(21)38-13-14-39-27-24(31)17-20(18-26(27)37-3)16-23-28(34)32-30(36)33(29(23)35)22-11-7-9-19(2)15-22/h4-7,9-12,15-18H,1,8,13-14H2,2-3H3,(H,32,34,36)/b23-16+. The van der Waals surface area contributed by atoms with Gasteiger partial charge in [0, 0.05) is 0 Å². The third-order valence-electron chi connectivity index (χ3n) is 5.85. The second kappa shape index (κ2) is 12.4. The van der Waals surface area contributed by atoms with Gasteiger partial charge >= 0.3 is 6.03 Å². The lowest BCUT2D eigenvalue weighted by atomic mass is 10.1. The molecule has 0 saturated carbocycles. The number of carbonyl (C=O) groups is 3. The predicted octanol–water partition coefficient (Wildman–Crippen LogP) is 5.62. The van der Waals surface area contributed by atoms with E-state index in [-0.39, 0.29) is 12.2 Å². The van der Waals surface area contributed by atoms with E-state index in [9.17, 15) is 14.4 Å². The molecule has 9 heteroatoms. The molecule has 0 atom stereocenters. The van der Waals surface area contributed by atoms with Gasteiger partial charge in [-0.2, -0.15) is 0 Å². The van der Waals surface area contributed by atoms with Gasteiger partial charge in [-0.25, -0.2) is 9.69 Å². The van der Waals surface area contributed by atoms with Crippen molar-refractivity contribution in [3.8, 4) is 17.2 Å². The number of urea groups is 1. The molecule has 1 heterocycles. The number of allylic oxidation sites excluding steroid dienone is 1.